The third-order valence-electron chi connectivity index (χ3n) is 2.29. The molecule has 0 radical (unpaired) electrons. The number of anilines is 1. The van der Waals surface area contributed by atoms with Gasteiger partial charge in [-0.2, -0.15) is 4.39 Å². The molecule has 1 aromatic carbocycles. The van der Waals surface area contributed by atoms with Crippen molar-refractivity contribution in [1.29, 1.82) is 0 Å². The van der Waals surface area contributed by atoms with E-state index in [4.69, 9.17) is 11.6 Å². The maximum atomic E-state index is 13.4. The van der Waals surface area contributed by atoms with Crippen molar-refractivity contribution in [2.75, 3.05) is 5.32 Å². The molecule has 1 heterocycles. The molecule has 2 aromatic rings. The summed E-state index contributed by atoms with van der Waals surface area (Å²) < 4.78 is 27.0. The van der Waals surface area contributed by atoms with Crippen LogP contribution in [0.5, 0.6) is 0 Å². The SMILES string of the molecule is O=[N+]([O-])c1c(F)cc(F)cc1NCc1ccc(Cl)s1. The summed E-state index contributed by atoms with van der Waals surface area (Å²) in [4.78, 5) is 10.7. The number of hydrogen-bond acceptors (Lipinski definition) is 4. The Balaban J connectivity index is 2.26. The topological polar surface area (TPSA) is 55.2 Å². The van der Waals surface area contributed by atoms with Crippen molar-refractivity contribution < 1.29 is 13.7 Å². The number of halogens is 3. The van der Waals surface area contributed by atoms with Crippen LogP contribution in [0.3, 0.4) is 0 Å². The number of rotatable bonds is 4. The Bertz CT molecular complexity index is 633. The molecule has 0 bridgehead atoms. The molecule has 1 aromatic heterocycles. The van der Waals surface area contributed by atoms with Crippen molar-refractivity contribution in [3.63, 3.8) is 0 Å². The van der Waals surface area contributed by atoms with Crippen molar-refractivity contribution in [2.45, 2.75) is 6.54 Å². The summed E-state index contributed by atoms with van der Waals surface area (Å²) in [5, 5.41) is 13.4. The van der Waals surface area contributed by atoms with Crippen LogP contribution in [-0.2, 0) is 6.54 Å². The fourth-order valence-electron chi connectivity index (χ4n) is 1.52. The number of nitrogens with one attached hydrogen (secondary N) is 1. The summed E-state index contributed by atoms with van der Waals surface area (Å²) in [5.74, 6) is -2.09. The number of thiophene rings is 1. The fourth-order valence-corrected chi connectivity index (χ4v) is 2.54. The van der Waals surface area contributed by atoms with E-state index in [1.54, 1.807) is 12.1 Å². The zero-order chi connectivity index (χ0) is 14.0. The highest BCUT2D eigenvalue weighted by molar-refractivity contribution is 7.16. The van der Waals surface area contributed by atoms with E-state index in [9.17, 15) is 18.9 Å². The summed E-state index contributed by atoms with van der Waals surface area (Å²) in [5.41, 5.74) is -0.976. The predicted molar refractivity (Wildman–Crippen MR) is 69.7 cm³/mol. The summed E-state index contributed by atoms with van der Waals surface area (Å²) in [6, 6.07) is 4.76. The van der Waals surface area contributed by atoms with E-state index in [-0.39, 0.29) is 12.2 Å². The number of nitro groups is 1. The van der Waals surface area contributed by atoms with Gasteiger partial charge in [0.25, 0.3) is 0 Å². The Morgan fingerprint density at radius 3 is 2.68 bits per heavy atom. The zero-order valence-corrected chi connectivity index (χ0v) is 10.9. The quantitative estimate of drug-likeness (QED) is 0.680. The van der Waals surface area contributed by atoms with Gasteiger partial charge in [-0.05, 0) is 12.1 Å². The van der Waals surface area contributed by atoms with Gasteiger partial charge >= 0.3 is 5.69 Å². The van der Waals surface area contributed by atoms with Crippen molar-refractivity contribution in [2.24, 2.45) is 0 Å². The van der Waals surface area contributed by atoms with Crippen molar-refractivity contribution in [3.8, 4) is 0 Å². The second-order valence-electron chi connectivity index (χ2n) is 3.60. The lowest BCUT2D eigenvalue weighted by molar-refractivity contribution is -0.386. The second kappa shape index (κ2) is 5.50. The molecule has 2 rings (SSSR count). The Labute approximate surface area is 115 Å². The first kappa shape index (κ1) is 13.7. The predicted octanol–water partition coefficient (Wildman–Crippen LogP) is 4.20. The molecule has 0 atom stereocenters. The Morgan fingerprint density at radius 2 is 2.11 bits per heavy atom. The molecule has 8 heteroatoms. The molecule has 0 aliphatic heterocycles. The average Bonchev–Trinajstić information content (AvgIpc) is 2.71. The minimum Gasteiger partial charge on any atom is -0.374 e. The van der Waals surface area contributed by atoms with E-state index < -0.39 is 22.2 Å². The molecule has 0 fully saturated rings. The molecule has 0 aliphatic rings. The first-order chi connectivity index (χ1) is 8.97. The maximum absolute atomic E-state index is 13.4. The van der Waals surface area contributed by atoms with E-state index in [2.05, 4.69) is 5.32 Å². The Kier molecular flexibility index (Phi) is 3.96. The van der Waals surface area contributed by atoms with Crippen LogP contribution in [0.15, 0.2) is 24.3 Å². The van der Waals surface area contributed by atoms with E-state index >= 15 is 0 Å². The lowest BCUT2D eigenvalue weighted by Crippen LogP contribution is -2.04. The van der Waals surface area contributed by atoms with Gasteiger partial charge in [0.1, 0.15) is 11.5 Å². The van der Waals surface area contributed by atoms with Gasteiger partial charge in [0.15, 0.2) is 0 Å². The van der Waals surface area contributed by atoms with E-state index in [0.717, 1.165) is 10.9 Å². The van der Waals surface area contributed by atoms with Gasteiger partial charge < -0.3 is 5.32 Å². The second-order valence-corrected chi connectivity index (χ2v) is 5.40. The molecule has 0 unspecified atom stereocenters. The average molecular weight is 305 g/mol. The Hall–Kier alpha value is -1.73. The van der Waals surface area contributed by atoms with Crippen LogP contribution in [-0.4, -0.2) is 4.92 Å². The monoisotopic (exact) mass is 304 g/mol. The number of hydrogen-bond donors (Lipinski definition) is 1. The maximum Gasteiger partial charge on any atom is 0.327 e. The molecule has 0 saturated heterocycles. The molecule has 0 aliphatic carbocycles. The fraction of sp³-hybridized carbons (Fsp3) is 0.0909. The standard InChI is InChI=1S/C11H7ClF2N2O2S/c12-10-2-1-7(19-10)5-15-9-4-6(13)3-8(14)11(9)16(17)18/h1-4,15H,5H2. The van der Waals surface area contributed by atoms with Gasteiger partial charge in [-0.15, -0.1) is 11.3 Å². The molecule has 0 amide bonds. The minimum absolute atomic E-state index is 0.196. The van der Waals surface area contributed by atoms with Crippen molar-refractivity contribution in [1.82, 2.24) is 0 Å². The zero-order valence-electron chi connectivity index (χ0n) is 9.32. The molecular weight excluding hydrogens is 298 g/mol. The number of nitrogens with zero attached hydrogens (tertiary/aromatic N) is 1. The van der Waals surface area contributed by atoms with Crippen LogP contribution in [0.2, 0.25) is 4.34 Å². The third kappa shape index (κ3) is 3.18. The highest BCUT2D eigenvalue weighted by atomic mass is 35.5. The first-order valence-corrected chi connectivity index (χ1v) is 6.28. The normalized spacial score (nSPS) is 10.5. The van der Waals surface area contributed by atoms with Crippen LogP contribution >= 0.6 is 22.9 Å². The van der Waals surface area contributed by atoms with Gasteiger partial charge in [0, 0.05) is 23.6 Å². The van der Waals surface area contributed by atoms with Gasteiger partial charge in [-0.25, -0.2) is 4.39 Å². The highest BCUT2D eigenvalue weighted by Gasteiger charge is 2.21. The molecule has 0 saturated carbocycles. The summed E-state index contributed by atoms with van der Waals surface area (Å²) in [7, 11) is 0. The van der Waals surface area contributed by atoms with Gasteiger partial charge in [-0.1, -0.05) is 11.6 Å². The number of nitro benzene ring substituents is 1. The van der Waals surface area contributed by atoms with Crippen LogP contribution in [0.4, 0.5) is 20.2 Å². The largest absolute Gasteiger partial charge is 0.374 e. The van der Waals surface area contributed by atoms with Crippen LogP contribution in [0.25, 0.3) is 0 Å². The third-order valence-corrected chi connectivity index (χ3v) is 3.52. The van der Waals surface area contributed by atoms with Crippen LogP contribution in [0, 0.1) is 21.7 Å². The highest BCUT2D eigenvalue weighted by Crippen LogP contribution is 2.30. The van der Waals surface area contributed by atoms with Gasteiger partial charge in [-0.3, -0.25) is 10.1 Å². The van der Waals surface area contributed by atoms with Gasteiger partial charge in [0.2, 0.25) is 5.82 Å². The molecule has 0 spiro atoms. The smallest absolute Gasteiger partial charge is 0.327 e. The number of benzene rings is 1. The summed E-state index contributed by atoms with van der Waals surface area (Å²) in [6.45, 7) is 0.196. The molecule has 1 N–H and O–H groups in total. The first-order valence-electron chi connectivity index (χ1n) is 5.09. The van der Waals surface area contributed by atoms with Crippen molar-refractivity contribution in [3.05, 3.63) is 55.2 Å². The van der Waals surface area contributed by atoms with E-state index in [1.807, 2.05) is 0 Å². The lowest BCUT2D eigenvalue weighted by atomic mass is 10.2. The summed E-state index contributed by atoms with van der Waals surface area (Å²) >= 11 is 7.01. The molecular formula is C11H7ClF2N2O2S. The summed E-state index contributed by atoms with van der Waals surface area (Å²) in [6.07, 6.45) is 0. The van der Waals surface area contributed by atoms with E-state index in [0.29, 0.717) is 10.4 Å². The molecule has 4 nitrogen and oxygen atoms in total. The molecule has 19 heavy (non-hydrogen) atoms. The van der Waals surface area contributed by atoms with Crippen LogP contribution in [0.1, 0.15) is 4.88 Å². The Morgan fingerprint density at radius 1 is 1.37 bits per heavy atom. The molecule has 100 valence electrons. The lowest BCUT2D eigenvalue weighted by Gasteiger charge is -2.06. The van der Waals surface area contributed by atoms with Crippen LogP contribution < -0.4 is 5.32 Å². The van der Waals surface area contributed by atoms with Gasteiger partial charge in [0.05, 0.1) is 9.26 Å². The van der Waals surface area contributed by atoms with E-state index in [1.165, 1.54) is 11.3 Å². The minimum atomic E-state index is -1.21. The van der Waals surface area contributed by atoms with Crippen molar-refractivity contribution >= 4 is 34.3 Å².